The molecule has 1 aromatic heterocycles. The van der Waals surface area contributed by atoms with E-state index in [4.69, 9.17) is 0 Å². The van der Waals surface area contributed by atoms with E-state index in [-0.39, 0.29) is 18.2 Å². The third kappa shape index (κ3) is 2.69. The number of nitrogens with zero attached hydrogens (tertiary/aromatic N) is 2. The molecule has 0 aliphatic heterocycles. The Morgan fingerprint density at radius 2 is 2.12 bits per heavy atom. The highest BCUT2D eigenvalue weighted by Gasteiger charge is 2.34. The first-order valence-corrected chi connectivity index (χ1v) is 5.04. The molecule has 1 saturated carbocycles. The highest BCUT2D eigenvalue weighted by atomic mass is 19.4. The van der Waals surface area contributed by atoms with Crippen molar-refractivity contribution in [3.63, 3.8) is 0 Å². The molecule has 1 aromatic rings. The van der Waals surface area contributed by atoms with Crippen molar-refractivity contribution < 1.29 is 18.3 Å². The van der Waals surface area contributed by atoms with Crippen molar-refractivity contribution >= 4 is 0 Å². The predicted molar refractivity (Wildman–Crippen MR) is 49.5 cm³/mol. The molecule has 3 nitrogen and oxygen atoms in total. The fourth-order valence-electron chi connectivity index (χ4n) is 1.49. The van der Waals surface area contributed by atoms with Gasteiger partial charge in [-0.25, -0.2) is 9.97 Å². The minimum atomic E-state index is -4.46. The number of hydrogen-bond acceptors (Lipinski definition) is 3. The van der Waals surface area contributed by atoms with Crippen molar-refractivity contribution in [1.29, 1.82) is 0 Å². The topological polar surface area (TPSA) is 46.0 Å². The lowest BCUT2D eigenvalue weighted by molar-refractivity contribution is -0.141. The monoisotopic (exact) mass is 232 g/mol. The molecule has 0 amide bonds. The van der Waals surface area contributed by atoms with Gasteiger partial charge in [-0.3, -0.25) is 0 Å². The van der Waals surface area contributed by atoms with Crippen LogP contribution in [0.25, 0.3) is 0 Å². The number of aliphatic hydroxyl groups excluding tert-OH is 1. The van der Waals surface area contributed by atoms with Crippen LogP contribution in [-0.4, -0.2) is 21.2 Å². The summed E-state index contributed by atoms with van der Waals surface area (Å²) in [5.74, 6) is 0.257. The minimum absolute atomic E-state index is 0.0502. The summed E-state index contributed by atoms with van der Waals surface area (Å²) in [6, 6.07) is 0.826. The van der Waals surface area contributed by atoms with Crippen molar-refractivity contribution in [2.24, 2.45) is 5.92 Å². The first-order valence-electron chi connectivity index (χ1n) is 5.04. The third-order valence-corrected chi connectivity index (χ3v) is 2.55. The van der Waals surface area contributed by atoms with Gasteiger partial charge in [-0.1, -0.05) is 0 Å². The van der Waals surface area contributed by atoms with Crippen LogP contribution in [0, 0.1) is 5.92 Å². The van der Waals surface area contributed by atoms with E-state index in [0.29, 0.717) is 0 Å². The zero-order chi connectivity index (χ0) is 11.8. The van der Waals surface area contributed by atoms with Gasteiger partial charge in [0, 0.05) is 12.6 Å². The molecule has 88 valence electrons. The number of alkyl halides is 3. The highest BCUT2D eigenvalue weighted by molar-refractivity contribution is 5.07. The molecule has 16 heavy (non-hydrogen) atoms. The fraction of sp³-hybridized carbons (Fsp3) is 0.600. The maximum atomic E-state index is 12.3. The van der Waals surface area contributed by atoms with Crippen molar-refractivity contribution in [2.45, 2.75) is 31.5 Å². The summed E-state index contributed by atoms with van der Waals surface area (Å²) in [5.41, 5.74) is -0.958. The van der Waals surface area contributed by atoms with Gasteiger partial charge in [-0.15, -0.1) is 0 Å². The molecule has 0 spiro atoms. The molecule has 6 heteroatoms. The molecular weight excluding hydrogens is 221 g/mol. The Hall–Kier alpha value is -1.17. The summed E-state index contributed by atoms with van der Waals surface area (Å²) in [4.78, 5) is 7.13. The predicted octanol–water partition coefficient (Wildman–Crippen LogP) is 1.81. The molecular formula is C10H11F3N2O. The summed E-state index contributed by atoms with van der Waals surface area (Å²) < 4.78 is 37.0. The van der Waals surface area contributed by atoms with E-state index in [1.165, 1.54) is 0 Å². The molecule has 1 heterocycles. The van der Waals surface area contributed by atoms with Gasteiger partial charge in [0.2, 0.25) is 0 Å². The van der Waals surface area contributed by atoms with Gasteiger partial charge in [-0.05, 0) is 24.8 Å². The van der Waals surface area contributed by atoms with Crippen LogP contribution >= 0.6 is 0 Å². The Labute approximate surface area is 90.3 Å². The fourth-order valence-corrected chi connectivity index (χ4v) is 1.49. The van der Waals surface area contributed by atoms with Crippen molar-refractivity contribution in [1.82, 2.24) is 9.97 Å². The Morgan fingerprint density at radius 1 is 1.44 bits per heavy atom. The van der Waals surface area contributed by atoms with E-state index in [0.717, 1.165) is 25.1 Å². The van der Waals surface area contributed by atoms with Crippen molar-refractivity contribution in [3.8, 4) is 0 Å². The van der Waals surface area contributed by atoms with Crippen LogP contribution in [0.5, 0.6) is 0 Å². The number of rotatable bonds is 3. The van der Waals surface area contributed by atoms with Gasteiger partial charge >= 0.3 is 6.18 Å². The second-order valence-corrected chi connectivity index (χ2v) is 3.96. The van der Waals surface area contributed by atoms with Gasteiger partial charge in [-0.2, -0.15) is 13.2 Å². The maximum Gasteiger partial charge on any atom is 0.433 e. The molecule has 1 aliphatic carbocycles. The lowest BCUT2D eigenvalue weighted by Gasteiger charge is -2.09. The summed E-state index contributed by atoms with van der Waals surface area (Å²) >= 11 is 0. The number of hydrogen-bond donors (Lipinski definition) is 1. The van der Waals surface area contributed by atoms with Crippen molar-refractivity contribution in [3.05, 3.63) is 23.8 Å². The number of halogens is 3. The Kier molecular flexibility index (Phi) is 2.84. The van der Waals surface area contributed by atoms with Gasteiger partial charge in [0.25, 0.3) is 0 Å². The van der Waals surface area contributed by atoms with E-state index in [1.807, 2.05) is 0 Å². The Balaban J connectivity index is 2.09. The normalized spacial score (nSPS) is 18.5. The summed E-state index contributed by atoms with van der Waals surface area (Å²) in [5, 5.41) is 9.57. The summed E-state index contributed by atoms with van der Waals surface area (Å²) in [6.07, 6.45) is -2.05. The molecule has 1 unspecified atom stereocenters. The largest absolute Gasteiger partial charge is 0.433 e. The first-order chi connectivity index (χ1) is 7.47. The lowest BCUT2D eigenvalue weighted by atomic mass is 10.1. The molecule has 1 aliphatic rings. The van der Waals surface area contributed by atoms with Gasteiger partial charge in [0.15, 0.2) is 0 Å². The van der Waals surface area contributed by atoms with Gasteiger partial charge in [0.05, 0.1) is 6.10 Å². The molecule has 1 N–H and O–H groups in total. The lowest BCUT2D eigenvalue weighted by Crippen LogP contribution is -2.17. The van der Waals surface area contributed by atoms with Crippen LogP contribution in [0.4, 0.5) is 13.2 Å². The quantitative estimate of drug-likeness (QED) is 0.864. The number of aliphatic hydroxyl groups is 1. The minimum Gasteiger partial charge on any atom is -0.392 e. The van der Waals surface area contributed by atoms with E-state index in [1.54, 1.807) is 0 Å². The zero-order valence-electron chi connectivity index (χ0n) is 8.41. The second-order valence-electron chi connectivity index (χ2n) is 3.96. The molecule has 1 fully saturated rings. The van der Waals surface area contributed by atoms with E-state index in [2.05, 4.69) is 9.97 Å². The molecule has 1 atom stereocenters. The van der Waals surface area contributed by atoms with E-state index >= 15 is 0 Å². The second kappa shape index (κ2) is 4.01. The smallest absolute Gasteiger partial charge is 0.392 e. The van der Waals surface area contributed by atoms with Crippen LogP contribution in [0.15, 0.2) is 12.3 Å². The summed E-state index contributed by atoms with van der Waals surface area (Å²) in [7, 11) is 0. The van der Waals surface area contributed by atoms with Crippen LogP contribution in [-0.2, 0) is 12.6 Å². The average Bonchev–Trinajstić information content (AvgIpc) is 2.99. The highest BCUT2D eigenvalue weighted by Crippen LogP contribution is 2.34. The Morgan fingerprint density at radius 3 is 2.69 bits per heavy atom. The van der Waals surface area contributed by atoms with E-state index < -0.39 is 18.0 Å². The van der Waals surface area contributed by atoms with Crippen LogP contribution in [0.3, 0.4) is 0 Å². The zero-order valence-corrected chi connectivity index (χ0v) is 8.41. The SMILES string of the molecule is OC(Cc1nccc(C(F)(F)F)n1)C1CC1. The summed E-state index contributed by atoms with van der Waals surface area (Å²) in [6.45, 7) is 0. The number of aromatic nitrogens is 2. The van der Waals surface area contributed by atoms with Gasteiger partial charge < -0.3 is 5.11 Å². The molecule has 0 aromatic carbocycles. The first kappa shape index (κ1) is 11.3. The average molecular weight is 232 g/mol. The molecule has 2 rings (SSSR count). The van der Waals surface area contributed by atoms with Crippen LogP contribution < -0.4 is 0 Å². The van der Waals surface area contributed by atoms with E-state index in [9.17, 15) is 18.3 Å². The van der Waals surface area contributed by atoms with Crippen LogP contribution in [0.2, 0.25) is 0 Å². The Bertz CT molecular complexity index is 377. The third-order valence-electron chi connectivity index (χ3n) is 2.55. The van der Waals surface area contributed by atoms with Crippen molar-refractivity contribution in [2.75, 3.05) is 0 Å². The molecule has 0 bridgehead atoms. The van der Waals surface area contributed by atoms with Gasteiger partial charge in [0.1, 0.15) is 11.5 Å². The molecule has 0 radical (unpaired) electrons. The molecule has 0 saturated heterocycles. The van der Waals surface area contributed by atoms with Crippen LogP contribution in [0.1, 0.15) is 24.4 Å². The maximum absolute atomic E-state index is 12.3. The standard InChI is InChI=1S/C10H11F3N2O/c11-10(12,13)8-3-4-14-9(15-8)5-7(16)6-1-2-6/h3-4,6-7,16H,1-2,5H2.